The van der Waals surface area contributed by atoms with Crippen molar-refractivity contribution in [3.8, 4) is 11.5 Å². The van der Waals surface area contributed by atoms with Crippen LogP contribution in [0, 0.1) is 11.5 Å². The van der Waals surface area contributed by atoms with E-state index in [0.29, 0.717) is 5.56 Å². The van der Waals surface area contributed by atoms with Crippen LogP contribution in [0.15, 0.2) is 28.7 Å². The fourth-order valence-corrected chi connectivity index (χ4v) is 1.67. The lowest BCUT2D eigenvalue weighted by atomic mass is 10.1. The molecule has 0 radical (unpaired) electrons. The van der Waals surface area contributed by atoms with Crippen molar-refractivity contribution in [3.05, 3.63) is 34.3 Å². The average Bonchev–Trinajstić information content (AvgIpc) is 2.14. The van der Waals surface area contributed by atoms with E-state index in [4.69, 9.17) is 0 Å². The summed E-state index contributed by atoms with van der Waals surface area (Å²) in [5, 5.41) is 0. The highest BCUT2D eigenvalue weighted by molar-refractivity contribution is 9.10. The van der Waals surface area contributed by atoms with Crippen LogP contribution in [0.4, 0.5) is 0 Å². The summed E-state index contributed by atoms with van der Waals surface area (Å²) in [5.41, 5.74) is 3.72. The molecule has 0 N–H and O–H groups in total. The molecule has 0 amide bonds. The van der Waals surface area contributed by atoms with Crippen molar-refractivity contribution in [2.75, 3.05) is 0 Å². The van der Waals surface area contributed by atoms with Gasteiger partial charge in [-0.15, -0.1) is 5.54 Å². The molecular weight excluding hydrogens is 268 g/mol. The Hall–Kier alpha value is -0.853. The zero-order valence-corrected chi connectivity index (χ0v) is 11.7. The van der Waals surface area contributed by atoms with Gasteiger partial charge in [0.1, 0.15) is 8.07 Å². The van der Waals surface area contributed by atoms with Gasteiger partial charge in [0.2, 0.25) is 5.78 Å². The van der Waals surface area contributed by atoms with Crippen LogP contribution in [-0.4, -0.2) is 13.9 Å². The zero-order valence-electron chi connectivity index (χ0n) is 9.10. The molecule has 1 aromatic rings. The second kappa shape index (κ2) is 4.78. The molecule has 1 aromatic carbocycles. The fraction of sp³-hybridized carbons (Fsp3) is 0.250. The largest absolute Gasteiger partial charge is 0.279 e. The number of hydrogen-bond donors (Lipinski definition) is 0. The Labute approximate surface area is 100 Å². The molecule has 0 heterocycles. The molecule has 1 rings (SSSR count). The monoisotopic (exact) mass is 280 g/mol. The topological polar surface area (TPSA) is 17.1 Å². The van der Waals surface area contributed by atoms with Gasteiger partial charge in [0.05, 0.1) is 0 Å². The van der Waals surface area contributed by atoms with Crippen LogP contribution < -0.4 is 0 Å². The maximum Gasteiger partial charge on any atom is 0.235 e. The summed E-state index contributed by atoms with van der Waals surface area (Å²) in [5.74, 6) is 2.62. The summed E-state index contributed by atoms with van der Waals surface area (Å²) in [6.45, 7) is 6.36. The van der Waals surface area contributed by atoms with E-state index in [1.54, 1.807) is 12.1 Å². The maximum absolute atomic E-state index is 11.6. The van der Waals surface area contributed by atoms with Gasteiger partial charge in [-0.25, -0.2) is 0 Å². The number of carbonyl (C=O) groups is 1. The molecule has 0 aliphatic rings. The van der Waals surface area contributed by atoms with Crippen molar-refractivity contribution < 1.29 is 4.79 Å². The molecule has 1 nitrogen and oxygen atoms in total. The Morgan fingerprint density at radius 1 is 1.20 bits per heavy atom. The molecule has 0 spiro atoms. The van der Waals surface area contributed by atoms with E-state index in [1.165, 1.54) is 0 Å². The van der Waals surface area contributed by atoms with Crippen molar-refractivity contribution in [3.63, 3.8) is 0 Å². The van der Waals surface area contributed by atoms with E-state index in [9.17, 15) is 4.79 Å². The van der Waals surface area contributed by atoms with E-state index < -0.39 is 8.07 Å². The van der Waals surface area contributed by atoms with E-state index in [2.05, 4.69) is 47.0 Å². The number of ketones is 1. The van der Waals surface area contributed by atoms with Crippen LogP contribution in [0.3, 0.4) is 0 Å². The summed E-state index contributed by atoms with van der Waals surface area (Å²) < 4.78 is 0.970. The first-order valence-corrected chi connectivity index (χ1v) is 9.01. The summed E-state index contributed by atoms with van der Waals surface area (Å²) in [7, 11) is -1.45. The Balaban J connectivity index is 2.86. The minimum absolute atomic E-state index is 0.0927. The number of carbonyl (C=O) groups excluding carboxylic acids is 1. The minimum Gasteiger partial charge on any atom is -0.279 e. The molecule has 0 unspecified atom stereocenters. The van der Waals surface area contributed by atoms with Gasteiger partial charge >= 0.3 is 0 Å². The molecular formula is C12H13BrOSi. The van der Waals surface area contributed by atoms with Gasteiger partial charge in [0, 0.05) is 10.0 Å². The van der Waals surface area contributed by atoms with E-state index >= 15 is 0 Å². The first-order chi connectivity index (χ1) is 6.88. The lowest BCUT2D eigenvalue weighted by molar-refractivity contribution is 0.105. The maximum atomic E-state index is 11.6. The van der Waals surface area contributed by atoms with Gasteiger partial charge in [-0.1, -0.05) is 35.6 Å². The van der Waals surface area contributed by atoms with Gasteiger partial charge in [-0.3, -0.25) is 4.79 Å². The Kier molecular flexibility index (Phi) is 3.89. The van der Waals surface area contributed by atoms with Crippen molar-refractivity contribution >= 4 is 29.8 Å². The van der Waals surface area contributed by atoms with Gasteiger partial charge < -0.3 is 0 Å². The Bertz CT molecular complexity index is 418. The molecule has 0 atom stereocenters. The van der Waals surface area contributed by atoms with Gasteiger partial charge in [-0.2, -0.15) is 0 Å². The first-order valence-electron chi connectivity index (χ1n) is 4.71. The standard InChI is InChI=1S/C12H13BrOSi/c1-15(2,3)9-8-12(14)10-4-6-11(13)7-5-10/h4-7H,1-3H3. The molecule has 3 heteroatoms. The molecule has 0 aliphatic heterocycles. The van der Waals surface area contributed by atoms with Gasteiger partial charge in [0.25, 0.3) is 0 Å². The molecule has 0 aliphatic carbocycles. The zero-order chi connectivity index (χ0) is 11.5. The van der Waals surface area contributed by atoms with Crippen molar-refractivity contribution in [2.45, 2.75) is 19.6 Å². The lowest BCUT2D eigenvalue weighted by Crippen LogP contribution is -2.17. The molecule has 78 valence electrons. The normalized spacial score (nSPS) is 10.4. The highest BCUT2D eigenvalue weighted by atomic mass is 79.9. The second-order valence-corrected chi connectivity index (χ2v) is 10.0. The average molecular weight is 281 g/mol. The highest BCUT2D eigenvalue weighted by Gasteiger charge is 2.09. The van der Waals surface area contributed by atoms with Crippen LogP contribution in [0.25, 0.3) is 0 Å². The Morgan fingerprint density at radius 3 is 2.20 bits per heavy atom. The summed E-state index contributed by atoms with van der Waals surface area (Å²) in [4.78, 5) is 11.6. The third-order valence-corrected chi connectivity index (χ3v) is 3.06. The summed E-state index contributed by atoms with van der Waals surface area (Å²) in [6.07, 6.45) is 0. The third-order valence-electron chi connectivity index (χ3n) is 1.66. The van der Waals surface area contributed by atoms with Crippen molar-refractivity contribution in [2.24, 2.45) is 0 Å². The SMILES string of the molecule is C[Si](C)(C)C#CC(=O)c1ccc(Br)cc1. The molecule has 0 saturated carbocycles. The molecule has 15 heavy (non-hydrogen) atoms. The summed E-state index contributed by atoms with van der Waals surface area (Å²) in [6, 6.07) is 7.27. The molecule has 0 saturated heterocycles. The summed E-state index contributed by atoms with van der Waals surface area (Å²) >= 11 is 3.32. The molecule has 0 aromatic heterocycles. The first kappa shape index (κ1) is 12.2. The van der Waals surface area contributed by atoms with Gasteiger partial charge in [0.15, 0.2) is 0 Å². The molecule has 0 fully saturated rings. The second-order valence-electron chi connectivity index (χ2n) is 4.34. The van der Waals surface area contributed by atoms with Crippen LogP contribution in [0.5, 0.6) is 0 Å². The number of Topliss-reactive ketones (excluding diaryl/α,β-unsaturated/α-hetero) is 1. The number of rotatable bonds is 1. The van der Waals surface area contributed by atoms with Crippen LogP contribution in [-0.2, 0) is 0 Å². The minimum atomic E-state index is -1.45. The van der Waals surface area contributed by atoms with Crippen molar-refractivity contribution in [1.29, 1.82) is 0 Å². The fourth-order valence-electron chi connectivity index (χ4n) is 0.918. The van der Waals surface area contributed by atoms with Crippen LogP contribution in [0.1, 0.15) is 10.4 Å². The third kappa shape index (κ3) is 4.46. The van der Waals surface area contributed by atoms with E-state index in [1.807, 2.05) is 12.1 Å². The highest BCUT2D eigenvalue weighted by Crippen LogP contribution is 2.10. The quantitative estimate of drug-likeness (QED) is 0.437. The Morgan fingerprint density at radius 2 is 1.73 bits per heavy atom. The van der Waals surface area contributed by atoms with Crippen LogP contribution >= 0.6 is 15.9 Å². The number of halogens is 1. The smallest absolute Gasteiger partial charge is 0.235 e. The van der Waals surface area contributed by atoms with Gasteiger partial charge in [-0.05, 0) is 30.2 Å². The molecule has 0 bridgehead atoms. The number of benzene rings is 1. The predicted octanol–water partition coefficient (Wildman–Crippen LogP) is 3.51. The van der Waals surface area contributed by atoms with E-state index in [0.717, 1.165) is 4.47 Å². The predicted molar refractivity (Wildman–Crippen MR) is 69.6 cm³/mol. The lowest BCUT2D eigenvalue weighted by Gasteiger charge is -2.02. The van der Waals surface area contributed by atoms with Crippen LogP contribution in [0.2, 0.25) is 19.6 Å². The number of hydrogen-bond acceptors (Lipinski definition) is 1. The van der Waals surface area contributed by atoms with E-state index in [-0.39, 0.29) is 5.78 Å². The van der Waals surface area contributed by atoms with Crippen molar-refractivity contribution in [1.82, 2.24) is 0 Å².